The van der Waals surface area contributed by atoms with E-state index in [1.165, 1.54) is 13.2 Å². The molecule has 0 aliphatic carbocycles. The summed E-state index contributed by atoms with van der Waals surface area (Å²) < 4.78 is 21.8. The maximum Gasteiger partial charge on any atom is 0.239 e. The minimum Gasteiger partial charge on any atom is -0.508 e. The molecule has 2 heterocycles. The Labute approximate surface area is 191 Å². The van der Waals surface area contributed by atoms with Gasteiger partial charge in [0.1, 0.15) is 46.9 Å². The Morgan fingerprint density at radius 1 is 0.912 bits per heavy atom. The molecule has 1 aromatic heterocycles. The maximum atomic E-state index is 13.3. The Bertz CT molecular complexity index is 1270. The second-order valence-corrected chi connectivity index (χ2v) is 7.72. The fourth-order valence-corrected chi connectivity index (χ4v) is 3.66. The summed E-state index contributed by atoms with van der Waals surface area (Å²) in [6, 6.07) is 5.47. The molecule has 1 aliphatic rings. The zero-order valence-electron chi connectivity index (χ0n) is 17.7. The van der Waals surface area contributed by atoms with Gasteiger partial charge in [0.2, 0.25) is 17.5 Å². The molecule has 0 spiro atoms. The van der Waals surface area contributed by atoms with Gasteiger partial charge in [0.15, 0.2) is 17.3 Å². The topological polar surface area (TPSA) is 200 Å². The van der Waals surface area contributed by atoms with Crippen molar-refractivity contribution < 1.29 is 54.4 Å². The van der Waals surface area contributed by atoms with Crippen molar-refractivity contribution in [2.24, 2.45) is 0 Å². The molecule has 0 bridgehead atoms. The predicted octanol–water partition coefficient (Wildman–Crippen LogP) is 0.115. The number of hydrogen-bond acceptors (Lipinski definition) is 12. The van der Waals surface area contributed by atoms with E-state index >= 15 is 0 Å². The van der Waals surface area contributed by atoms with E-state index in [2.05, 4.69) is 0 Å². The lowest BCUT2D eigenvalue weighted by molar-refractivity contribution is -0.278. The van der Waals surface area contributed by atoms with E-state index in [0.717, 1.165) is 24.3 Å². The molecule has 34 heavy (non-hydrogen) atoms. The highest BCUT2D eigenvalue weighted by molar-refractivity contribution is 5.88. The molecule has 0 radical (unpaired) electrons. The fraction of sp³-hybridized carbons (Fsp3) is 0.318. The highest BCUT2D eigenvalue weighted by Gasteiger charge is 2.45. The van der Waals surface area contributed by atoms with Crippen molar-refractivity contribution in [3.05, 3.63) is 40.6 Å². The van der Waals surface area contributed by atoms with Crippen LogP contribution in [0, 0.1) is 0 Å². The Balaban J connectivity index is 1.89. The number of fused-ring (bicyclic) bond motifs is 1. The number of methoxy groups -OCH3 is 1. The van der Waals surface area contributed by atoms with Crippen LogP contribution in [0.4, 0.5) is 0 Å². The Morgan fingerprint density at radius 2 is 1.65 bits per heavy atom. The quantitative estimate of drug-likeness (QED) is 0.245. The summed E-state index contributed by atoms with van der Waals surface area (Å²) in [5, 5.41) is 69.9. The standard InChI is InChI=1S/C22H22O12/c1-31-7-14-16(27)18(29)19(30)22(33-14)34-21-17(28)15-12(26)5-9(23)6-13(15)32-20(21)8-2-3-10(24)11(25)4-8/h2-6,14,16,18-19,22-27,29-30H,7H2,1H3. The third kappa shape index (κ3) is 4.08. The number of aliphatic hydroxyl groups excluding tert-OH is 3. The van der Waals surface area contributed by atoms with Crippen LogP contribution in [0.5, 0.6) is 28.7 Å². The molecule has 12 nitrogen and oxygen atoms in total. The number of aliphatic hydroxyl groups is 3. The first kappa shape index (κ1) is 23.6. The van der Waals surface area contributed by atoms with Crippen molar-refractivity contribution in [3.63, 3.8) is 0 Å². The number of rotatable bonds is 5. The number of benzene rings is 2. The minimum absolute atomic E-state index is 0.0476. The normalized spacial score (nSPS) is 24.9. The van der Waals surface area contributed by atoms with Crippen LogP contribution in [0.1, 0.15) is 0 Å². The average Bonchev–Trinajstić information content (AvgIpc) is 2.78. The molecule has 1 aliphatic heterocycles. The largest absolute Gasteiger partial charge is 0.508 e. The zero-order valence-corrected chi connectivity index (χ0v) is 17.7. The molecule has 182 valence electrons. The summed E-state index contributed by atoms with van der Waals surface area (Å²) >= 11 is 0. The first-order chi connectivity index (χ1) is 16.1. The van der Waals surface area contributed by atoms with Crippen LogP contribution in [-0.2, 0) is 9.47 Å². The number of aromatic hydroxyl groups is 4. The molecule has 1 fully saturated rings. The van der Waals surface area contributed by atoms with Gasteiger partial charge >= 0.3 is 0 Å². The Morgan fingerprint density at radius 3 is 2.32 bits per heavy atom. The number of phenolic OH excluding ortho intramolecular Hbond substituents is 4. The molecular formula is C22H22O12. The third-order valence-electron chi connectivity index (χ3n) is 5.39. The summed E-state index contributed by atoms with van der Waals surface area (Å²) in [4.78, 5) is 13.3. The molecule has 7 N–H and O–H groups in total. The van der Waals surface area contributed by atoms with Crippen LogP contribution in [0.2, 0.25) is 0 Å². The second-order valence-electron chi connectivity index (χ2n) is 7.72. The van der Waals surface area contributed by atoms with Crippen LogP contribution in [0.15, 0.2) is 39.5 Å². The van der Waals surface area contributed by atoms with Gasteiger partial charge in [0.25, 0.3) is 0 Å². The van der Waals surface area contributed by atoms with E-state index in [9.17, 15) is 40.5 Å². The molecule has 0 saturated carbocycles. The lowest BCUT2D eigenvalue weighted by atomic mass is 9.99. The zero-order chi connectivity index (χ0) is 24.7. The van der Waals surface area contributed by atoms with Gasteiger partial charge in [-0.1, -0.05) is 0 Å². The van der Waals surface area contributed by atoms with Gasteiger partial charge in [0.05, 0.1) is 6.61 Å². The van der Waals surface area contributed by atoms with Gasteiger partial charge in [-0.25, -0.2) is 0 Å². The van der Waals surface area contributed by atoms with Gasteiger partial charge in [-0.2, -0.15) is 0 Å². The SMILES string of the molecule is COCC1OC(Oc2c(-c3ccc(O)c(O)c3)oc3cc(O)cc(O)c3c2=O)C(O)C(O)C1O. The average molecular weight is 478 g/mol. The molecular weight excluding hydrogens is 456 g/mol. The van der Waals surface area contributed by atoms with Crippen LogP contribution in [0.25, 0.3) is 22.3 Å². The molecule has 5 atom stereocenters. The molecule has 2 aromatic carbocycles. The summed E-state index contributed by atoms with van der Waals surface area (Å²) in [6.45, 7) is -0.171. The van der Waals surface area contributed by atoms with Gasteiger partial charge in [0, 0.05) is 24.8 Å². The minimum atomic E-state index is -1.80. The van der Waals surface area contributed by atoms with E-state index in [1.807, 2.05) is 0 Å². The second kappa shape index (κ2) is 9.00. The molecule has 1 saturated heterocycles. The van der Waals surface area contributed by atoms with E-state index < -0.39 is 64.9 Å². The van der Waals surface area contributed by atoms with Crippen LogP contribution >= 0.6 is 0 Å². The number of ether oxygens (including phenoxy) is 3. The van der Waals surface area contributed by atoms with Gasteiger partial charge < -0.3 is 54.4 Å². The fourth-order valence-electron chi connectivity index (χ4n) is 3.66. The van der Waals surface area contributed by atoms with E-state index in [1.54, 1.807) is 0 Å². The van der Waals surface area contributed by atoms with Crippen molar-refractivity contribution in [3.8, 4) is 40.1 Å². The molecule has 4 rings (SSSR count). The lowest BCUT2D eigenvalue weighted by Crippen LogP contribution is -2.60. The van der Waals surface area contributed by atoms with Crippen LogP contribution < -0.4 is 10.2 Å². The summed E-state index contributed by atoms with van der Waals surface area (Å²) in [7, 11) is 1.33. The van der Waals surface area contributed by atoms with E-state index in [-0.39, 0.29) is 28.9 Å². The van der Waals surface area contributed by atoms with Crippen molar-refractivity contribution in [1.82, 2.24) is 0 Å². The van der Waals surface area contributed by atoms with E-state index in [4.69, 9.17) is 18.6 Å². The maximum absolute atomic E-state index is 13.3. The van der Waals surface area contributed by atoms with Crippen molar-refractivity contribution >= 4 is 11.0 Å². The third-order valence-corrected chi connectivity index (χ3v) is 5.39. The molecule has 0 amide bonds. The highest BCUT2D eigenvalue weighted by Crippen LogP contribution is 2.39. The number of hydrogen-bond donors (Lipinski definition) is 7. The summed E-state index contributed by atoms with van der Waals surface area (Å²) in [6.07, 6.45) is -7.82. The Hall–Kier alpha value is -3.55. The van der Waals surface area contributed by atoms with Crippen molar-refractivity contribution in [2.75, 3.05) is 13.7 Å². The molecule has 3 aromatic rings. The number of phenols is 4. The van der Waals surface area contributed by atoms with Gasteiger partial charge in [-0.15, -0.1) is 0 Å². The summed E-state index contributed by atoms with van der Waals surface area (Å²) in [5.74, 6) is -2.90. The smallest absolute Gasteiger partial charge is 0.239 e. The molecule has 12 heteroatoms. The lowest BCUT2D eigenvalue weighted by Gasteiger charge is -2.39. The van der Waals surface area contributed by atoms with Crippen LogP contribution in [0.3, 0.4) is 0 Å². The van der Waals surface area contributed by atoms with Crippen molar-refractivity contribution in [2.45, 2.75) is 30.7 Å². The predicted molar refractivity (Wildman–Crippen MR) is 114 cm³/mol. The van der Waals surface area contributed by atoms with Gasteiger partial charge in [-0.05, 0) is 18.2 Å². The summed E-state index contributed by atoms with van der Waals surface area (Å²) in [5.41, 5.74) is -1.11. The first-order valence-electron chi connectivity index (χ1n) is 10.0. The van der Waals surface area contributed by atoms with Crippen LogP contribution in [-0.4, -0.2) is 80.2 Å². The molecule has 5 unspecified atom stereocenters. The van der Waals surface area contributed by atoms with Crippen molar-refractivity contribution in [1.29, 1.82) is 0 Å². The van der Waals surface area contributed by atoms with Gasteiger partial charge in [-0.3, -0.25) is 4.79 Å². The monoisotopic (exact) mass is 478 g/mol. The first-order valence-corrected chi connectivity index (χ1v) is 10.0. The van der Waals surface area contributed by atoms with E-state index in [0.29, 0.717) is 0 Å². The highest BCUT2D eigenvalue weighted by atomic mass is 16.7. The Kier molecular flexibility index (Phi) is 6.25.